The van der Waals surface area contributed by atoms with Crippen LogP contribution in [0.2, 0.25) is 5.02 Å². The molecule has 5 nitrogen and oxygen atoms in total. The molecular formula is C18H17ClFNO4. The Hall–Kier alpha value is -2.60. The van der Waals surface area contributed by atoms with Crippen molar-refractivity contribution < 1.29 is 23.5 Å². The minimum absolute atomic E-state index is 0.0373. The first kappa shape index (κ1) is 18.7. The largest absolute Gasteiger partial charge is 0.495 e. The molecule has 0 aliphatic carbocycles. The average Bonchev–Trinajstić information content (AvgIpc) is 2.57. The van der Waals surface area contributed by atoms with Crippen LogP contribution < -0.4 is 10.1 Å². The molecule has 0 fully saturated rings. The molecule has 0 spiro atoms. The number of anilines is 1. The molecule has 0 aliphatic heterocycles. The number of hydrogen-bond acceptors (Lipinski definition) is 4. The van der Waals surface area contributed by atoms with Crippen LogP contribution in [0.3, 0.4) is 0 Å². The van der Waals surface area contributed by atoms with E-state index in [0.717, 1.165) is 6.07 Å². The molecular weight excluding hydrogens is 349 g/mol. The molecule has 1 N–H and O–H groups in total. The highest BCUT2D eigenvalue weighted by Crippen LogP contribution is 2.27. The van der Waals surface area contributed by atoms with Crippen molar-refractivity contribution in [2.24, 2.45) is 0 Å². The van der Waals surface area contributed by atoms with Crippen molar-refractivity contribution in [1.29, 1.82) is 0 Å². The number of benzene rings is 2. The van der Waals surface area contributed by atoms with Gasteiger partial charge in [0.1, 0.15) is 11.6 Å². The van der Waals surface area contributed by atoms with Gasteiger partial charge < -0.3 is 14.8 Å². The van der Waals surface area contributed by atoms with Crippen LogP contribution in [0.1, 0.15) is 22.8 Å². The molecule has 1 amide bonds. The minimum Gasteiger partial charge on any atom is -0.495 e. The molecule has 25 heavy (non-hydrogen) atoms. The number of ether oxygens (including phenoxy) is 2. The highest BCUT2D eigenvalue weighted by atomic mass is 35.5. The third kappa shape index (κ3) is 4.70. The SMILES string of the molecule is COc1ccc(NC(=O)[C@@H](C)OC(=O)c2ccc(C)c(F)c2)cc1Cl. The summed E-state index contributed by atoms with van der Waals surface area (Å²) in [7, 11) is 1.48. The van der Waals surface area contributed by atoms with Crippen LogP contribution in [0.25, 0.3) is 0 Å². The fraction of sp³-hybridized carbons (Fsp3) is 0.222. The zero-order chi connectivity index (χ0) is 18.6. The second-order valence-electron chi connectivity index (χ2n) is 5.35. The van der Waals surface area contributed by atoms with E-state index in [-0.39, 0.29) is 5.56 Å². The van der Waals surface area contributed by atoms with Gasteiger partial charge in [-0.05, 0) is 49.7 Å². The highest BCUT2D eigenvalue weighted by molar-refractivity contribution is 6.32. The lowest BCUT2D eigenvalue weighted by molar-refractivity contribution is -0.123. The number of rotatable bonds is 5. The van der Waals surface area contributed by atoms with Crippen molar-refractivity contribution in [2.75, 3.05) is 12.4 Å². The van der Waals surface area contributed by atoms with Gasteiger partial charge in [-0.15, -0.1) is 0 Å². The summed E-state index contributed by atoms with van der Waals surface area (Å²) in [4.78, 5) is 24.1. The van der Waals surface area contributed by atoms with Gasteiger partial charge >= 0.3 is 5.97 Å². The van der Waals surface area contributed by atoms with Crippen LogP contribution in [0.15, 0.2) is 36.4 Å². The number of carbonyl (C=O) groups excluding carboxylic acids is 2. The van der Waals surface area contributed by atoms with Crippen LogP contribution >= 0.6 is 11.6 Å². The summed E-state index contributed by atoms with van der Waals surface area (Å²) in [5, 5.41) is 2.91. The van der Waals surface area contributed by atoms with Gasteiger partial charge in [0.15, 0.2) is 6.10 Å². The van der Waals surface area contributed by atoms with Crippen molar-refractivity contribution in [2.45, 2.75) is 20.0 Å². The zero-order valence-corrected chi connectivity index (χ0v) is 14.7. The topological polar surface area (TPSA) is 64.6 Å². The van der Waals surface area contributed by atoms with Gasteiger partial charge in [-0.3, -0.25) is 4.79 Å². The standard InChI is InChI=1S/C18H17ClFNO4/c1-10-4-5-12(8-15(10)20)18(23)25-11(2)17(22)21-13-6-7-16(24-3)14(19)9-13/h4-9,11H,1-3H3,(H,21,22)/t11-/m1/s1. The van der Waals surface area contributed by atoms with E-state index in [1.165, 1.54) is 32.2 Å². The van der Waals surface area contributed by atoms with Crippen LogP contribution in [0, 0.1) is 12.7 Å². The quantitative estimate of drug-likeness (QED) is 0.814. The number of aryl methyl sites for hydroxylation is 1. The molecule has 0 heterocycles. The van der Waals surface area contributed by atoms with Crippen molar-refractivity contribution in [3.63, 3.8) is 0 Å². The Bertz CT molecular complexity index is 810. The van der Waals surface area contributed by atoms with E-state index in [1.54, 1.807) is 19.1 Å². The molecule has 132 valence electrons. The van der Waals surface area contributed by atoms with Crippen LogP contribution in [-0.4, -0.2) is 25.1 Å². The molecule has 0 aliphatic rings. The summed E-state index contributed by atoms with van der Waals surface area (Å²) in [6.45, 7) is 3.00. The summed E-state index contributed by atoms with van der Waals surface area (Å²) in [6, 6.07) is 8.70. The average molecular weight is 366 g/mol. The van der Waals surface area contributed by atoms with Crippen molar-refractivity contribution >= 4 is 29.2 Å². The Balaban J connectivity index is 2.01. The van der Waals surface area contributed by atoms with Crippen molar-refractivity contribution in [1.82, 2.24) is 0 Å². The number of amides is 1. The number of carbonyl (C=O) groups is 2. The Labute approximate surface area is 149 Å². The maximum absolute atomic E-state index is 13.5. The van der Waals surface area contributed by atoms with Gasteiger partial charge in [0.05, 0.1) is 17.7 Å². The lowest BCUT2D eigenvalue weighted by atomic mass is 10.1. The predicted molar refractivity (Wildman–Crippen MR) is 92.6 cm³/mol. The summed E-state index contributed by atoms with van der Waals surface area (Å²) in [6.07, 6.45) is -1.07. The summed E-state index contributed by atoms with van der Waals surface area (Å²) in [5.41, 5.74) is 0.883. The zero-order valence-electron chi connectivity index (χ0n) is 13.9. The second kappa shape index (κ2) is 7.98. The van der Waals surface area contributed by atoms with Gasteiger partial charge in [-0.2, -0.15) is 0 Å². The number of hydrogen-bond donors (Lipinski definition) is 1. The maximum Gasteiger partial charge on any atom is 0.339 e. The molecule has 0 saturated carbocycles. The lowest BCUT2D eigenvalue weighted by Gasteiger charge is -2.14. The molecule has 2 aromatic rings. The fourth-order valence-corrected chi connectivity index (χ4v) is 2.25. The van der Waals surface area contributed by atoms with Crippen molar-refractivity contribution in [3.8, 4) is 5.75 Å². The predicted octanol–water partition coefficient (Wildman–Crippen LogP) is 3.98. The first-order valence-electron chi connectivity index (χ1n) is 7.43. The Kier molecular flexibility index (Phi) is 5.98. The molecule has 7 heteroatoms. The Morgan fingerprint density at radius 1 is 1.20 bits per heavy atom. The first-order valence-corrected chi connectivity index (χ1v) is 7.81. The number of methoxy groups -OCH3 is 1. The number of nitrogens with one attached hydrogen (secondary N) is 1. The molecule has 0 unspecified atom stereocenters. The lowest BCUT2D eigenvalue weighted by Crippen LogP contribution is -2.30. The maximum atomic E-state index is 13.5. The van der Waals surface area contributed by atoms with E-state index in [2.05, 4.69) is 5.32 Å². The molecule has 0 radical (unpaired) electrons. The second-order valence-corrected chi connectivity index (χ2v) is 5.76. The normalized spacial score (nSPS) is 11.6. The van der Waals surface area contributed by atoms with Gasteiger partial charge in [0, 0.05) is 5.69 Å². The van der Waals surface area contributed by atoms with E-state index in [4.69, 9.17) is 21.1 Å². The third-order valence-corrected chi connectivity index (χ3v) is 3.78. The smallest absolute Gasteiger partial charge is 0.339 e. The van der Waals surface area contributed by atoms with E-state index in [1.807, 2.05) is 0 Å². The number of halogens is 2. The summed E-state index contributed by atoms with van der Waals surface area (Å²) < 4.78 is 23.6. The van der Waals surface area contributed by atoms with Gasteiger partial charge in [0.25, 0.3) is 5.91 Å². The van der Waals surface area contributed by atoms with Crippen LogP contribution in [-0.2, 0) is 9.53 Å². The van der Waals surface area contributed by atoms with E-state index >= 15 is 0 Å². The minimum atomic E-state index is -1.07. The Morgan fingerprint density at radius 3 is 2.52 bits per heavy atom. The summed E-state index contributed by atoms with van der Waals surface area (Å²) in [5.74, 6) is -1.36. The number of esters is 1. The third-order valence-electron chi connectivity index (χ3n) is 3.48. The molecule has 2 aromatic carbocycles. The van der Waals surface area contributed by atoms with Crippen molar-refractivity contribution in [3.05, 3.63) is 58.4 Å². The van der Waals surface area contributed by atoms with E-state index in [9.17, 15) is 14.0 Å². The molecule has 1 atom stereocenters. The highest BCUT2D eigenvalue weighted by Gasteiger charge is 2.20. The van der Waals surface area contributed by atoms with E-state index in [0.29, 0.717) is 22.0 Å². The van der Waals surface area contributed by atoms with E-state index < -0.39 is 23.8 Å². The van der Waals surface area contributed by atoms with Gasteiger partial charge in [0.2, 0.25) is 0 Å². The molecule has 2 rings (SSSR count). The van der Waals surface area contributed by atoms with Crippen LogP contribution in [0.4, 0.5) is 10.1 Å². The molecule has 0 bridgehead atoms. The monoisotopic (exact) mass is 365 g/mol. The van der Waals surface area contributed by atoms with Gasteiger partial charge in [-0.25, -0.2) is 9.18 Å². The fourth-order valence-electron chi connectivity index (χ4n) is 1.99. The first-order chi connectivity index (χ1) is 11.8. The Morgan fingerprint density at radius 2 is 1.92 bits per heavy atom. The molecule has 0 aromatic heterocycles. The summed E-state index contributed by atoms with van der Waals surface area (Å²) >= 11 is 5.99. The van der Waals surface area contributed by atoms with Crippen LogP contribution in [0.5, 0.6) is 5.75 Å². The molecule has 0 saturated heterocycles. The van der Waals surface area contributed by atoms with Gasteiger partial charge in [-0.1, -0.05) is 17.7 Å².